The maximum absolute atomic E-state index is 13.2. The van der Waals surface area contributed by atoms with Gasteiger partial charge in [-0.25, -0.2) is 13.1 Å². The van der Waals surface area contributed by atoms with Crippen LogP contribution >= 0.6 is 10.7 Å². The average molecular weight is 243 g/mol. The van der Waals surface area contributed by atoms with Gasteiger partial charge in [0.25, 0.3) is 9.05 Å². The number of hydrogen-bond acceptors (Lipinski definition) is 4. The molecule has 0 bridgehead atoms. The third-order valence-corrected chi connectivity index (χ3v) is 2.81. The second-order valence-corrected chi connectivity index (χ2v) is 4.99. The lowest BCUT2D eigenvalue weighted by atomic mass is 10.6. The summed E-state index contributed by atoms with van der Waals surface area (Å²) in [5, 5.41) is 3.52. The third kappa shape index (κ3) is 2.43. The van der Waals surface area contributed by atoms with Crippen molar-refractivity contribution >= 4 is 19.7 Å². The first-order chi connectivity index (χ1) is 6.46. The van der Waals surface area contributed by atoms with Crippen LogP contribution in [0.15, 0.2) is 11.1 Å². The van der Waals surface area contributed by atoms with E-state index in [-0.39, 0.29) is 13.2 Å². The number of methoxy groups -OCH3 is 1. The van der Waals surface area contributed by atoms with E-state index in [4.69, 9.17) is 10.7 Å². The summed E-state index contributed by atoms with van der Waals surface area (Å²) in [4.78, 5) is -0.615. The molecule has 0 aliphatic carbocycles. The van der Waals surface area contributed by atoms with Crippen LogP contribution in [-0.4, -0.2) is 31.9 Å². The van der Waals surface area contributed by atoms with Crippen molar-refractivity contribution in [2.24, 2.45) is 0 Å². The summed E-state index contributed by atoms with van der Waals surface area (Å²) < 4.78 is 40.4. The topological polar surface area (TPSA) is 61.2 Å². The Balaban J connectivity index is 2.97. The molecule has 14 heavy (non-hydrogen) atoms. The summed E-state index contributed by atoms with van der Waals surface area (Å²) in [7, 11) is 2.34. The first-order valence-corrected chi connectivity index (χ1v) is 5.92. The fourth-order valence-corrected chi connectivity index (χ4v) is 1.64. The van der Waals surface area contributed by atoms with E-state index in [9.17, 15) is 12.8 Å². The van der Waals surface area contributed by atoms with E-state index in [0.29, 0.717) is 0 Å². The second kappa shape index (κ2) is 4.24. The Hall–Kier alpha value is -0.660. The number of hydrogen-bond donors (Lipinski definition) is 0. The summed E-state index contributed by atoms with van der Waals surface area (Å²) in [6.45, 7) is 0.370. The molecular formula is C6H8ClFN2O3S. The van der Waals surface area contributed by atoms with E-state index >= 15 is 0 Å². The van der Waals surface area contributed by atoms with Crippen LogP contribution in [0.5, 0.6) is 0 Å². The lowest BCUT2D eigenvalue weighted by Crippen LogP contribution is -2.08. The molecule has 1 aromatic rings. The molecule has 0 atom stereocenters. The third-order valence-electron chi connectivity index (χ3n) is 1.51. The van der Waals surface area contributed by atoms with E-state index in [1.807, 2.05) is 0 Å². The van der Waals surface area contributed by atoms with Crippen molar-refractivity contribution in [3.8, 4) is 0 Å². The summed E-state index contributed by atoms with van der Waals surface area (Å²) in [5.74, 6) is -0.975. The van der Waals surface area contributed by atoms with Crippen molar-refractivity contribution in [1.29, 1.82) is 0 Å². The molecule has 1 rings (SSSR count). The van der Waals surface area contributed by atoms with Crippen molar-refractivity contribution in [2.45, 2.75) is 11.4 Å². The molecule has 1 aromatic heterocycles. The molecule has 0 aliphatic rings. The molecule has 0 unspecified atom stereocenters. The zero-order valence-corrected chi connectivity index (χ0v) is 8.85. The molecule has 1 heterocycles. The quantitative estimate of drug-likeness (QED) is 0.726. The highest BCUT2D eigenvalue weighted by Crippen LogP contribution is 2.17. The van der Waals surface area contributed by atoms with Crippen molar-refractivity contribution in [3.05, 3.63) is 12.1 Å². The first-order valence-electron chi connectivity index (χ1n) is 3.61. The molecule has 0 aromatic carbocycles. The van der Waals surface area contributed by atoms with Gasteiger partial charge in [-0.15, -0.1) is 0 Å². The van der Waals surface area contributed by atoms with Gasteiger partial charge < -0.3 is 4.74 Å². The highest BCUT2D eigenvalue weighted by atomic mass is 35.7. The average Bonchev–Trinajstić information content (AvgIpc) is 2.42. The largest absolute Gasteiger partial charge is 0.383 e. The smallest absolute Gasteiger partial charge is 0.267 e. The van der Waals surface area contributed by atoms with Gasteiger partial charge in [-0.1, -0.05) is 0 Å². The van der Waals surface area contributed by atoms with Crippen LogP contribution < -0.4 is 0 Å². The summed E-state index contributed by atoms with van der Waals surface area (Å²) in [6, 6.07) is 0. The minimum Gasteiger partial charge on any atom is -0.383 e. The van der Waals surface area contributed by atoms with Gasteiger partial charge in [0, 0.05) is 17.8 Å². The Morgan fingerprint density at radius 3 is 2.79 bits per heavy atom. The van der Waals surface area contributed by atoms with Gasteiger partial charge in [0.15, 0.2) is 4.90 Å². The minimum atomic E-state index is -4.06. The Labute approximate surface area is 84.8 Å². The molecule has 0 amide bonds. The Morgan fingerprint density at radius 2 is 2.36 bits per heavy atom. The Bertz CT molecular complexity index is 417. The molecule has 0 spiro atoms. The summed E-state index contributed by atoms with van der Waals surface area (Å²) in [6.07, 6.45) is 0.868. The predicted molar refractivity (Wildman–Crippen MR) is 47.1 cm³/mol. The van der Waals surface area contributed by atoms with E-state index in [0.717, 1.165) is 10.9 Å². The summed E-state index contributed by atoms with van der Waals surface area (Å²) >= 11 is 0. The standard InChI is InChI=1S/C6H8ClFN2O3S/c1-13-3-2-10-6(8)5(4-9-10)14(7,11)12/h4H,2-3H2,1H3. The molecule has 5 nitrogen and oxygen atoms in total. The monoisotopic (exact) mass is 242 g/mol. The number of aromatic nitrogens is 2. The fraction of sp³-hybridized carbons (Fsp3) is 0.500. The van der Waals surface area contributed by atoms with Crippen LogP contribution in [0.1, 0.15) is 0 Å². The van der Waals surface area contributed by atoms with Gasteiger partial charge in [-0.05, 0) is 0 Å². The highest BCUT2D eigenvalue weighted by Gasteiger charge is 2.20. The van der Waals surface area contributed by atoms with E-state index < -0.39 is 19.9 Å². The molecule has 0 aliphatic heterocycles. The molecular weight excluding hydrogens is 235 g/mol. The second-order valence-electron chi connectivity index (χ2n) is 2.45. The molecule has 80 valence electrons. The van der Waals surface area contributed by atoms with Crippen molar-refractivity contribution in [1.82, 2.24) is 9.78 Å². The van der Waals surface area contributed by atoms with E-state index in [1.54, 1.807) is 0 Å². The summed E-state index contributed by atoms with van der Waals surface area (Å²) in [5.41, 5.74) is 0. The van der Waals surface area contributed by atoms with Gasteiger partial charge >= 0.3 is 0 Å². The number of rotatable bonds is 4. The zero-order valence-electron chi connectivity index (χ0n) is 7.27. The molecule has 0 N–H and O–H groups in total. The van der Waals surface area contributed by atoms with E-state index in [1.165, 1.54) is 7.11 Å². The molecule has 0 fully saturated rings. The number of ether oxygens (including phenoxy) is 1. The predicted octanol–water partition coefficient (Wildman–Crippen LogP) is 0.596. The van der Waals surface area contributed by atoms with Crippen LogP contribution in [-0.2, 0) is 20.3 Å². The lowest BCUT2D eigenvalue weighted by molar-refractivity contribution is 0.178. The van der Waals surface area contributed by atoms with E-state index in [2.05, 4.69) is 9.84 Å². The first kappa shape index (κ1) is 11.4. The lowest BCUT2D eigenvalue weighted by Gasteiger charge is -2.00. The van der Waals surface area contributed by atoms with Crippen LogP contribution in [0.25, 0.3) is 0 Å². The maximum atomic E-state index is 13.2. The van der Waals surface area contributed by atoms with Crippen molar-refractivity contribution in [2.75, 3.05) is 13.7 Å². The van der Waals surface area contributed by atoms with Gasteiger partial charge in [-0.2, -0.15) is 9.49 Å². The molecule has 0 radical (unpaired) electrons. The minimum absolute atomic E-state index is 0.134. The van der Waals surface area contributed by atoms with Gasteiger partial charge in [0.1, 0.15) is 0 Å². The number of halogens is 2. The Morgan fingerprint density at radius 1 is 1.71 bits per heavy atom. The van der Waals surface area contributed by atoms with Crippen molar-refractivity contribution in [3.63, 3.8) is 0 Å². The van der Waals surface area contributed by atoms with Crippen LogP contribution in [0.2, 0.25) is 0 Å². The van der Waals surface area contributed by atoms with Gasteiger partial charge in [-0.3, -0.25) is 0 Å². The van der Waals surface area contributed by atoms with Crippen LogP contribution in [0.3, 0.4) is 0 Å². The number of nitrogens with zero attached hydrogens (tertiary/aromatic N) is 2. The highest BCUT2D eigenvalue weighted by molar-refractivity contribution is 8.13. The normalized spacial score (nSPS) is 11.9. The van der Waals surface area contributed by atoms with Crippen LogP contribution in [0, 0.1) is 5.95 Å². The zero-order chi connectivity index (χ0) is 10.8. The van der Waals surface area contributed by atoms with Gasteiger partial charge in [0.05, 0.1) is 19.3 Å². The van der Waals surface area contributed by atoms with Crippen molar-refractivity contribution < 1.29 is 17.5 Å². The molecule has 8 heteroatoms. The fourth-order valence-electron chi connectivity index (χ4n) is 0.850. The Kier molecular flexibility index (Phi) is 3.46. The molecule has 0 saturated carbocycles. The molecule has 0 saturated heterocycles. The SMILES string of the molecule is COCCn1ncc(S(=O)(=O)Cl)c1F. The maximum Gasteiger partial charge on any atom is 0.267 e. The van der Waals surface area contributed by atoms with Gasteiger partial charge in [0.2, 0.25) is 5.95 Å². The van der Waals surface area contributed by atoms with Crippen LogP contribution in [0.4, 0.5) is 4.39 Å².